The van der Waals surface area contributed by atoms with Crippen LogP contribution in [-0.4, -0.2) is 11.7 Å². The predicted molar refractivity (Wildman–Crippen MR) is 76.9 cm³/mol. The summed E-state index contributed by atoms with van der Waals surface area (Å²) in [5.74, 6) is -0.852. The van der Waals surface area contributed by atoms with Crippen molar-refractivity contribution in [3.63, 3.8) is 0 Å². The lowest BCUT2D eigenvalue weighted by Gasteiger charge is -2.08. The van der Waals surface area contributed by atoms with Crippen molar-refractivity contribution in [2.45, 2.75) is 11.8 Å². The van der Waals surface area contributed by atoms with E-state index in [0.29, 0.717) is 16.1 Å². The van der Waals surface area contributed by atoms with Crippen LogP contribution in [0.2, 0.25) is 0 Å². The van der Waals surface area contributed by atoms with Gasteiger partial charge in [0.15, 0.2) is 0 Å². The van der Waals surface area contributed by atoms with E-state index in [1.165, 1.54) is 24.3 Å². The number of benzene rings is 2. The summed E-state index contributed by atoms with van der Waals surface area (Å²) in [6, 6.07) is 10.4. The van der Waals surface area contributed by atoms with E-state index in [4.69, 9.17) is 0 Å². The highest BCUT2D eigenvalue weighted by molar-refractivity contribution is 8.00. The third-order valence-corrected chi connectivity index (χ3v) is 3.71. The van der Waals surface area contributed by atoms with Crippen molar-refractivity contribution in [3.8, 4) is 0 Å². The molecule has 0 aliphatic heterocycles. The molecule has 20 heavy (non-hydrogen) atoms. The monoisotopic (exact) mass is 293 g/mol. The number of rotatable bonds is 4. The number of hydrogen-bond donors (Lipinski definition) is 1. The van der Waals surface area contributed by atoms with Gasteiger partial charge in [-0.3, -0.25) is 4.79 Å². The molecular formula is C15H13F2NOS. The Morgan fingerprint density at radius 3 is 2.65 bits per heavy atom. The number of amides is 1. The number of carbonyl (C=O) groups excluding carboxylic acids is 1. The van der Waals surface area contributed by atoms with Crippen LogP contribution in [0.4, 0.5) is 14.5 Å². The molecule has 0 aliphatic rings. The first-order chi connectivity index (χ1) is 9.56. The minimum atomic E-state index is -0.346. The highest BCUT2D eigenvalue weighted by Gasteiger charge is 2.08. The van der Waals surface area contributed by atoms with Crippen molar-refractivity contribution in [1.82, 2.24) is 0 Å². The van der Waals surface area contributed by atoms with Gasteiger partial charge in [0.25, 0.3) is 0 Å². The number of hydrogen-bond acceptors (Lipinski definition) is 2. The Balaban J connectivity index is 1.94. The zero-order valence-electron chi connectivity index (χ0n) is 10.8. The molecule has 1 N–H and O–H groups in total. The molecule has 0 heterocycles. The van der Waals surface area contributed by atoms with E-state index in [0.717, 1.165) is 11.8 Å². The molecule has 0 saturated carbocycles. The Morgan fingerprint density at radius 2 is 1.95 bits per heavy atom. The summed E-state index contributed by atoms with van der Waals surface area (Å²) >= 11 is 1.12. The van der Waals surface area contributed by atoms with Crippen LogP contribution in [0.15, 0.2) is 47.4 Å². The number of nitrogens with one attached hydrogen (secondary N) is 1. The molecule has 2 aromatic rings. The van der Waals surface area contributed by atoms with Gasteiger partial charge in [0.05, 0.1) is 5.75 Å². The van der Waals surface area contributed by atoms with Crippen molar-refractivity contribution in [1.29, 1.82) is 0 Å². The maximum Gasteiger partial charge on any atom is 0.234 e. The third kappa shape index (κ3) is 3.81. The van der Waals surface area contributed by atoms with Gasteiger partial charge >= 0.3 is 0 Å². The first-order valence-electron chi connectivity index (χ1n) is 5.99. The fraction of sp³-hybridized carbons (Fsp3) is 0.133. The van der Waals surface area contributed by atoms with Gasteiger partial charge in [-0.05, 0) is 42.8 Å². The maximum atomic E-state index is 13.4. The minimum Gasteiger partial charge on any atom is -0.325 e. The number of aryl methyl sites for hydroxylation is 1. The summed E-state index contributed by atoms with van der Waals surface area (Å²) in [6.07, 6.45) is 0. The summed E-state index contributed by atoms with van der Waals surface area (Å²) in [5, 5.41) is 2.68. The number of anilines is 1. The molecule has 0 spiro atoms. The minimum absolute atomic E-state index is 0.0950. The van der Waals surface area contributed by atoms with Gasteiger partial charge in [-0.25, -0.2) is 8.78 Å². The molecule has 5 heteroatoms. The Labute approximate surface area is 120 Å². The van der Waals surface area contributed by atoms with Crippen LogP contribution in [0.1, 0.15) is 5.56 Å². The fourth-order valence-electron chi connectivity index (χ4n) is 1.66. The van der Waals surface area contributed by atoms with Crippen LogP contribution in [0.3, 0.4) is 0 Å². The van der Waals surface area contributed by atoms with Crippen LogP contribution >= 0.6 is 11.8 Å². The SMILES string of the molecule is Cc1cc(F)ccc1NC(=O)CSc1ccccc1F. The van der Waals surface area contributed by atoms with Gasteiger partial charge in [-0.1, -0.05) is 12.1 Å². The first kappa shape index (κ1) is 14.5. The van der Waals surface area contributed by atoms with Crippen LogP contribution in [0.25, 0.3) is 0 Å². The average molecular weight is 293 g/mol. The topological polar surface area (TPSA) is 29.1 Å². The van der Waals surface area contributed by atoms with E-state index in [2.05, 4.69) is 5.32 Å². The first-order valence-corrected chi connectivity index (χ1v) is 6.98. The lowest BCUT2D eigenvalue weighted by atomic mass is 10.2. The lowest BCUT2D eigenvalue weighted by Crippen LogP contribution is -2.15. The zero-order valence-corrected chi connectivity index (χ0v) is 11.6. The second-order valence-corrected chi connectivity index (χ2v) is 5.24. The van der Waals surface area contributed by atoms with Gasteiger partial charge in [0.1, 0.15) is 11.6 Å². The van der Waals surface area contributed by atoms with Gasteiger partial charge in [0.2, 0.25) is 5.91 Å². The third-order valence-electron chi connectivity index (χ3n) is 2.66. The quantitative estimate of drug-likeness (QED) is 0.863. The average Bonchev–Trinajstić information content (AvgIpc) is 2.41. The molecule has 0 fully saturated rings. The summed E-state index contributed by atoms with van der Waals surface area (Å²) in [6.45, 7) is 1.71. The smallest absolute Gasteiger partial charge is 0.234 e. The standard InChI is InChI=1S/C15H13F2NOS/c1-10-8-11(16)6-7-13(10)18-15(19)9-20-14-5-3-2-4-12(14)17/h2-8H,9H2,1H3,(H,18,19). The molecule has 2 aromatic carbocycles. The fourth-order valence-corrected chi connectivity index (χ4v) is 2.40. The maximum absolute atomic E-state index is 13.4. The highest BCUT2D eigenvalue weighted by atomic mass is 32.2. The van der Waals surface area contributed by atoms with Gasteiger partial charge < -0.3 is 5.32 Å². The van der Waals surface area contributed by atoms with Crippen molar-refractivity contribution in [2.24, 2.45) is 0 Å². The molecule has 0 aromatic heterocycles. The van der Waals surface area contributed by atoms with E-state index in [9.17, 15) is 13.6 Å². The molecule has 0 unspecified atom stereocenters. The van der Waals surface area contributed by atoms with Crippen LogP contribution in [-0.2, 0) is 4.79 Å². The molecule has 0 radical (unpaired) electrons. The molecule has 0 aliphatic carbocycles. The van der Waals surface area contributed by atoms with Gasteiger partial charge in [-0.2, -0.15) is 0 Å². The molecule has 104 valence electrons. The highest BCUT2D eigenvalue weighted by Crippen LogP contribution is 2.22. The lowest BCUT2D eigenvalue weighted by molar-refractivity contribution is -0.113. The van der Waals surface area contributed by atoms with E-state index >= 15 is 0 Å². The van der Waals surface area contributed by atoms with E-state index in [1.54, 1.807) is 25.1 Å². The molecule has 0 saturated heterocycles. The molecule has 2 rings (SSSR count). The second kappa shape index (κ2) is 6.52. The van der Waals surface area contributed by atoms with Crippen LogP contribution < -0.4 is 5.32 Å². The van der Waals surface area contributed by atoms with Crippen molar-refractivity contribution < 1.29 is 13.6 Å². The van der Waals surface area contributed by atoms with Crippen LogP contribution in [0.5, 0.6) is 0 Å². The molecule has 0 bridgehead atoms. The molecular weight excluding hydrogens is 280 g/mol. The number of thioether (sulfide) groups is 1. The molecule has 2 nitrogen and oxygen atoms in total. The Bertz CT molecular complexity index is 631. The number of halogens is 2. The van der Waals surface area contributed by atoms with Crippen LogP contribution in [0, 0.1) is 18.6 Å². The van der Waals surface area contributed by atoms with Gasteiger partial charge in [-0.15, -0.1) is 11.8 Å². The number of carbonyl (C=O) groups is 1. The normalized spacial score (nSPS) is 10.3. The van der Waals surface area contributed by atoms with Crippen molar-refractivity contribution in [2.75, 3.05) is 11.1 Å². The Morgan fingerprint density at radius 1 is 1.20 bits per heavy atom. The Kier molecular flexibility index (Phi) is 4.74. The van der Waals surface area contributed by atoms with Crippen molar-refractivity contribution in [3.05, 3.63) is 59.7 Å². The summed E-state index contributed by atoms with van der Waals surface area (Å²) < 4.78 is 26.3. The zero-order chi connectivity index (χ0) is 14.5. The van der Waals surface area contributed by atoms with E-state index < -0.39 is 0 Å². The molecule has 1 amide bonds. The summed E-state index contributed by atoms with van der Waals surface area (Å²) in [7, 11) is 0. The van der Waals surface area contributed by atoms with Gasteiger partial charge in [0, 0.05) is 10.6 Å². The summed E-state index contributed by atoms with van der Waals surface area (Å²) in [4.78, 5) is 12.2. The largest absolute Gasteiger partial charge is 0.325 e. The molecule has 0 atom stereocenters. The predicted octanol–water partition coefficient (Wildman–Crippen LogP) is 4.00. The van der Waals surface area contributed by atoms with E-state index in [1.807, 2.05) is 0 Å². The summed E-state index contributed by atoms with van der Waals surface area (Å²) in [5.41, 5.74) is 1.21. The Hall–Kier alpha value is -1.88. The van der Waals surface area contributed by atoms with E-state index in [-0.39, 0.29) is 23.3 Å². The second-order valence-electron chi connectivity index (χ2n) is 4.23. The van der Waals surface area contributed by atoms with Crippen molar-refractivity contribution >= 4 is 23.4 Å².